The van der Waals surface area contributed by atoms with Crippen LogP contribution in [0.2, 0.25) is 5.02 Å². The van der Waals surface area contributed by atoms with E-state index >= 15 is 0 Å². The summed E-state index contributed by atoms with van der Waals surface area (Å²) in [6.07, 6.45) is 3.61. The van der Waals surface area contributed by atoms with Crippen molar-refractivity contribution in [1.82, 2.24) is 14.7 Å². The van der Waals surface area contributed by atoms with Gasteiger partial charge in [0.15, 0.2) is 6.61 Å². The fraction of sp³-hybridized carbons (Fsp3) is 0.567. The van der Waals surface area contributed by atoms with E-state index in [9.17, 15) is 4.79 Å². The second-order valence-electron chi connectivity index (χ2n) is 11.0. The van der Waals surface area contributed by atoms with Crippen molar-refractivity contribution in [2.24, 2.45) is 0 Å². The Morgan fingerprint density at radius 3 is 2.53 bits per heavy atom. The Balaban J connectivity index is 1.25. The van der Waals surface area contributed by atoms with E-state index in [1.54, 1.807) is 7.11 Å². The Morgan fingerprint density at radius 2 is 1.76 bits per heavy atom. The molecule has 0 unspecified atom stereocenters. The van der Waals surface area contributed by atoms with E-state index in [-0.39, 0.29) is 12.5 Å². The fourth-order valence-electron chi connectivity index (χ4n) is 6.28. The minimum absolute atomic E-state index is 0.0746. The summed E-state index contributed by atoms with van der Waals surface area (Å²) in [6.45, 7) is 10.8. The van der Waals surface area contributed by atoms with Gasteiger partial charge in [0.25, 0.3) is 5.91 Å². The lowest BCUT2D eigenvalue weighted by atomic mass is 9.86. The molecule has 0 saturated carbocycles. The zero-order valence-corrected chi connectivity index (χ0v) is 24.0. The van der Waals surface area contributed by atoms with Gasteiger partial charge < -0.3 is 24.2 Å². The molecule has 8 heteroatoms. The molecule has 1 amide bonds. The van der Waals surface area contributed by atoms with Gasteiger partial charge in [0.2, 0.25) is 0 Å². The maximum Gasteiger partial charge on any atom is 0.260 e. The summed E-state index contributed by atoms with van der Waals surface area (Å²) < 4.78 is 11.5. The molecule has 0 N–H and O–H groups in total. The van der Waals surface area contributed by atoms with Gasteiger partial charge in [-0.1, -0.05) is 17.7 Å². The van der Waals surface area contributed by atoms with E-state index in [1.807, 2.05) is 11.0 Å². The first-order chi connectivity index (χ1) is 18.4. The molecule has 3 aliphatic rings. The van der Waals surface area contributed by atoms with Crippen molar-refractivity contribution in [2.75, 3.05) is 71.5 Å². The van der Waals surface area contributed by atoms with E-state index in [4.69, 9.17) is 21.1 Å². The summed E-state index contributed by atoms with van der Waals surface area (Å²) in [4.78, 5) is 22.0. The second-order valence-corrected chi connectivity index (χ2v) is 11.4. The molecular formula is C30H41ClN4O3. The Bertz CT molecular complexity index is 1150. The van der Waals surface area contributed by atoms with E-state index < -0.39 is 0 Å². The number of fused-ring (bicyclic) bond motifs is 1. The Hall–Kier alpha value is -2.48. The molecule has 3 heterocycles. The number of rotatable bonds is 6. The molecule has 0 aliphatic carbocycles. The summed E-state index contributed by atoms with van der Waals surface area (Å²) in [5, 5.41) is 0.648. The van der Waals surface area contributed by atoms with Gasteiger partial charge in [-0.05, 0) is 75.0 Å². The molecule has 206 valence electrons. The van der Waals surface area contributed by atoms with Crippen molar-refractivity contribution in [3.05, 3.63) is 52.0 Å². The molecule has 2 aromatic carbocycles. The third kappa shape index (κ3) is 5.61. The number of hydrogen-bond donors (Lipinski definition) is 0. The van der Waals surface area contributed by atoms with E-state index in [0.29, 0.717) is 17.1 Å². The van der Waals surface area contributed by atoms with Crippen molar-refractivity contribution in [2.45, 2.75) is 45.2 Å². The first-order valence-corrected chi connectivity index (χ1v) is 14.3. The number of amides is 1. The number of ether oxygens (including phenoxy) is 2. The third-order valence-electron chi connectivity index (χ3n) is 8.79. The lowest BCUT2D eigenvalue weighted by molar-refractivity contribution is -0.134. The molecule has 7 nitrogen and oxygen atoms in total. The number of hydrogen-bond acceptors (Lipinski definition) is 6. The lowest BCUT2D eigenvalue weighted by Crippen LogP contribution is -2.56. The molecule has 2 aromatic rings. The molecule has 0 radical (unpaired) electrons. The average molecular weight is 541 g/mol. The van der Waals surface area contributed by atoms with Crippen molar-refractivity contribution in [1.29, 1.82) is 0 Å². The van der Waals surface area contributed by atoms with Gasteiger partial charge in [-0.25, -0.2) is 0 Å². The van der Waals surface area contributed by atoms with Crippen LogP contribution in [0.3, 0.4) is 0 Å². The Kier molecular flexibility index (Phi) is 8.36. The zero-order chi connectivity index (χ0) is 26.8. The minimum Gasteiger partial charge on any atom is -0.495 e. The first kappa shape index (κ1) is 27.1. The quantitative estimate of drug-likeness (QED) is 0.536. The van der Waals surface area contributed by atoms with Crippen LogP contribution >= 0.6 is 11.6 Å². The maximum atomic E-state index is 12.7. The van der Waals surface area contributed by atoms with Crippen molar-refractivity contribution < 1.29 is 14.3 Å². The SMILES string of the molecule is COc1cc(N2CCN3[C@@H](CCC[C@@H]3c3ccc(OCC(=O)N4CCN(C)CC4)c(C)c3C)C2)ccc1Cl. The van der Waals surface area contributed by atoms with Crippen LogP contribution in [0, 0.1) is 13.8 Å². The van der Waals surface area contributed by atoms with Crippen LogP contribution in [0.15, 0.2) is 30.3 Å². The second kappa shape index (κ2) is 11.7. The molecule has 0 spiro atoms. The Morgan fingerprint density at radius 1 is 0.974 bits per heavy atom. The summed E-state index contributed by atoms with van der Waals surface area (Å²) in [7, 11) is 3.76. The largest absolute Gasteiger partial charge is 0.495 e. The highest BCUT2D eigenvalue weighted by atomic mass is 35.5. The van der Waals surface area contributed by atoms with Gasteiger partial charge in [-0.3, -0.25) is 9.69 Å². The van der Waals surface area contributed by atoms with Crippen molar-refractivity contribution >= 4 is 23.2 Å². The third-order valence-corrected chi connectivity index (χ3v) is 9.10. The molecule has 5 rings (SSSR count). The number of piperazine rings is 2. The van der Waals surface area contributed by atoms with Crippen molar-refractivity contribution in [3.63, 3.8) is 0 Å². The molecule has 0 aromatic heterocycles. The highest BCUT2D eigenvalue weighted by molar-refractivity contribution is 6.32. The number of piperidine rings is 1. The predicted molar refractivity (Wildman–Crippen MR) is 153 cm³/mol. The van der Waals surface area contributed by atoms with E-state index in [2.05, 4.69) is 59.9 Å². The first-order valence-electron chi connectivity index (χ1n) is 13.9. The van der Waals surface area contributed by atoms with Crippen LogP contribution in [0.1, 0.15) is 42.0 Å². The van der Waals surface area contributed by atoms with Gasteiger partial charge in [-0.2, -0.15) is 0 Å². The van der Waals surface area contributed by atoms with Gasteiger partial charge in [0.05, 0.1) is 12.1 Å². The molecule has 3 fully saturated rings. The van der Waals surface area contributed by atoms with Crippen LogP contribution in [0.25, 0.3) is 0 Å². The van der Waals surface area contributed by atoms with Crippen LogP contribution < -0.4 is 14.4 Å². The molecule has 3 aliphatic heterocycles. The maximum absolute atomic E-state index is 12.7. The van der Waals surface area contributed by atoms with Gasteiger partial charge >= 0.3 is 0 Å². The molecule has 3 saturated heterocycles. The number of nitrogens with zero attached hydrogens (tertiary/aromatic N) is 4. The van der Waals surface area contributed by atoms with Crippen molar-refractivity contribution in [3.8, 4) is 11.5 Å². The van der Waals surface area contributed by atoms with Crippen LogP contribution in [-0.4, -0.2) is 93.2 Å². The molecule has 2 atom stereocenters. The summed E-state index contributed by atoms with van der Waals surface area (Å²) in [5.41, 5.74) is 4.99. The topological polar surface area (TPSA) is 48.5 Å². The fourth-order valence-corrected chi connectivity index (χ4v) is 6.48. The van der Waals surface area contributed by atoms with E-state index in [0.717, 1.165) is 62.9 Å². The monoisotopic (exact) mass is 540 g/mol. The van der Waals surface area contributed by atoms with Gasteiger partial charge in [0, 0.05) is 69.7 Å². The van der Waals surface area contributed by atoms with Gasteiger partial charge in [-0.15, -0.1) is 0 Å². The lowest BCUT2D eigenvalue weighted by Gasteiger charge is -2.49. The molecule has 0 bridgehead atoms. The summed E-state index contributed by atoms with van der Waals surface area (Å²) >= 11 is 6.27. The predicted octanol–water partition coefficient (Wildman–Crippen LogP) is 4.53. The number of anilines is 1. The summed E-state index contributed by atoms with van der Waals surface area (Å²) in [5.74, 6) is 1.62. The van der Waals surface area contributed by atoms with Crippen LogP contribution in [-0.2, 0) is 4.79 Å². The van der Waals surface area contributed by atoms with Gasteiger partial charge in [0.1, 0.15) is 11.5 Å². The number of benzene rings is 2. The highest BCUT2D eigenvalue weighted by Crippen LogP contribution is 2.40. The highest BCUT2D eigenvalue weighted by Gasteiger charge is 2.36. The van der Waals surface area contributed by atoms with E-state index in [1.165, 1.54) is 36.1 Å². The normalized spacial score (nSPS) is 22.8. The van der Waals surface area contributed by atoms with Crippen LogP contribution in [0.4, 0.5) is 5.69 Å². The smallest absolute Gasteiger partial charge is 0.260 e. The minimum atomic E-state index is 0.0746. The molecular weight excluding hydrogens is 500 g/mol. The number of methoxy groups -OCH3 is 1. The number of carbonyl (C=O) groups excluding carboxylic acids is 1. The standard InChI is InChI=1S/C30H41ClN4O3/c1-21-22(2)28(38-20-30(36)33-14-12-32(3)13-15-33)11-9-25(21)27-7-5-6-24-19-34(16-17-35(24)27)23-8-10-26(31)29(18-23)37-4/h8-11,18,24,27H,5-7,12-17,19-20H2,1-4H3/t24-,27+/m0/s1. The summed E-state index contributed by atoms with van der Waals surface area (Å²) in [6, 6.07) is 11.3. The molecule has 38 heavy (non-hydrogen) atoms. The van der Waals surface area contributed by atoms with Crippen LogP contribution in [0.5, 0.6) is 11.5 Å². The number of halogens is 1. The number of likely N-dealkylation sites (N-methyl/N-ethyl adjacent to an activating group) is 1. The Labute approximate surface area is 232 Å². The average Bonchev–Trinajstić information content (AvgIpc) is 2.94. The zero-order valence-electron chi connectivity index (χ0n) is 23.2. The number of carbonyl (C=O) groups is 1.